The molecule has 26 heavy (non-hydrogen) atoms. The molecule has 2 heterocycles. The third kappa shape index (κ3) is 3.75. The minimum Gasteiger partial charge on any atom is -0.364 e. The average molecular weight is 351 g/mol. The highest BCUT2D eigenvalue weighted by molar-refractivity contribution is 5.74. The Morgan fingerprint density at radius 3 is 2.54 bits per heavy atom. The van der Waals surface area contributed by atoms with Crippen molar-refractivity contribution < 1.29 is 0 Å². The number of pyridine rings is 1. The van der Waals surface area contributed by atoms with Crippen LogP contribution >= 0.6 is 0 Å². The summed E-state index contributed by atoms with van der Waals surface area (Å²) in [5.74, 6) is 0.359. The fourth-order valence-electron chi connectivity index (χ4n) is 2.94. The number of aryl methyl sites for hydroxylation is 1. The van der Waals surface area contributed by atoms with Gasteiger partial charge >= 0.3 is 0 Å². The maximum absolute atomic E-state index is 13.1. The first-order chi connectivity index (χ1) is 12.6. The molecule has 0 saturated carbocycles. The second-order valence-corrected chi connectivity index (χ2v) is 6.24. The summed E-state index contributed by atoms with van der Waals surface area (Å²) in [6, 6.07) is 11.6. The molecule has 0 radical (unpaired) electrons. The predicted octanol–water partition coefficient (Wildman–Crippen LogP) is 2.84. The van der Waals surface area contributed by atoms with Crippen LogP contribution in [0.15, 0.2) is 47.4 Å². The molecule has 0 aliphatic heterocycles. The van der Waals surface area contributed by atoms with Crippen molar-refractivity contribution in [2.45, 2.75) is 20.8 Å². The molecule has 3 aromatic rings. The zero-order valence-corrected chi connectivity index (χ0v) is 15.6. The van der Waals surface area contributed by atoms with Gasteiger partial charge < -0.3 is 10.2 Å². The Kier molecular flexibility index (Phi) is 5.63. The van der Waals surface area contributed by atoms with Crippen LogP contribution in [0.5, 0.6) is 0 Å². The summed E-state index contributed by atoms with van der Waals surface area (Å²) in [5.41, 5.74) is 3.01. The number of anilines is 1. The number of rotatable bonds is 7. The lowest BCUT2D eigenvalue weighted by molar-refractivity contribution is 0.316. The molecule has 6 heteroatoms. The van der Waals surface area contributed by atoms with Gasteiger partial charge in [0, 0.05) is 19.3 Å². The van der Waals surface area contributed by atoms with Crippen LogP contribution in [0.1, 0.15) is 19.4 Å². The first kappa shape index (κ1) is 18.1. The van der Waals surface area contributed by atoms with Crippen LogP contribution in [0.25, 0.3) is 16.9 Å². The van der Waals surface area contributed by atoms with Gasteiger partial charge in [-0.1, -0.05) is 31.5 Å². The van der Waals surface area contributed by atoms with E-state index in [1.165, 1.54) is 0 Å². The summed E-state index contributed by atoms with van der Waals surface area (Å²) in [5, 5.41) is 3.21. The number of nitrogens with one attached hydrogen (secondary N) is 1. The first-order valence-corrected chi connectivity index (χ1v) is 9.05. The number of fused-ring (bicyclic) bond motifs is 1. The van der Waals surface area contributed by atoms with Crippen LogP contribution in [0, 0.1) is 6.92 Å². The van der Waals surface area contributed by atoms with Crippen molar-refractivity contribution in [1.82, 2.24) is 19.4 Å². The second-order valence-electron chi connectivity index (χ2n) is 6.24. The normalized spacial score (nSPS) is 11.2. The van der Waals surface area contributed by atoms with Crippen LogP contribution < -0.4 is 10.9 Å². The molecule has 0 bridgehead atoms. The number of likely N-dealkylation sites (N-methyl/N-ethyl adjacent to an activating group) is 1. The smallest absolute Gasteiger partial charge is 0.299 e. The van der Waals surface area contributed by atoms with Crippen molar-refractivity contribution in [1.29, 1.82) is 0 Å². The molecule has 0 spiro atoms. The number of hydrogen-bond donors (Lipinski definition) is 1. The maximum atomic E-state index is 13.1. The van der Waals surface area contributed by atoms with Gasteiger partial charge in [-0.2, -0.15) is 0 Å². The number of hydrogen-bond acceptors (Lipinski definition) is 5. The monoisotopic (exact) mass is 351 g/mol. The zero-order chi connectivity index (χ0) is 18.5. The molecular weight excluding hydrogens is 326 g/mol. The molecule has 0 unspecified atom stereocenters. The van der Waals surface area contributed by atoms with E-state index in [-0.39, 0.29) is 5.56 Å². The minimum atomic E-state index is -0.181. The highest BCUT2D eigenvalue weighted by Gasteiger charge is 2.13. The SMILES string of the molecule is CCN(CC)CCNc1nc2cccnc2n(-c2ccc(C)cc2)c1=O. The summed E-state index contributed by atoms with van der Waals surface area (Å²) >= 11 is 0. The molecule has 0 atom stereocenters. The molecule has 1 N–H and O–H groups in total. The van der Waals surface area contributed by atoms with Crippen molar-refractivity contribution in [2.24, 2.45) is 0 Å². The highest BCUT2D eigenvalue weighted by atomic mass is 16.1. The summed E-state index contributed by atoms with van der Waals surface area (Å²) in [7, 11) is 0. The minimum absolute atomic E-state index is 0.181. The van der Waals surface area contributed by atoms with Gasteiger partial charge in [0.05, 0.1) is 5.69 Å². The first-order valence-electron chi connectivity index (χ1n) is 9.05. The van der Waals surface area contributed by atoms with Crippen molar-refractivity contribution in [3.63, 3.8) is 0 Å². The van der Waals surface area contributed by atoms with E-state index >= 15 is 0 Å². The molecule has 2 aromatic heterocycles. The van der Waals surface area contributed by atoms with E-state index in [1.54, 1.807) is 10.8 Å². The Morgan fingerprint density at radius 1 is 1.12 bits per heavy atom. The quantitative estimate of drug-likeness (QED) is 0.709. The van der Waals surface area contributed by atoms with Gasteiger partial charge in [0.2, 0.25) is 0 Å². The molecule has 1 aromatic carbocycles. The average Bonchev–Trinajstić information content (AvgIpc) is 2.67. The number of nitrogens with zero attached hydrogens (tertiary/aromatic N) is 4. The van der Waals surface area contributed by atoms with E-state index in [2.05, 4.69) is 34.0 Å². The lowest BCUT2D eigenvalue weighted by Crippen LogP contribution is -2.31. The molecule has 0 fully saturated rings. The predicted molar refractivity (Wildman–Crippen MR) is 106 cm³/mol. The summed E-state index contributed by atoms with van der Waals surface area (Å²) in [6.07, 6.45) is 1.68. The van der Waals surface area contributed by atoms with E-state index in [4.69, 9.17) is 0 Å². The van der Waals surface area contributed by atoms with E-state index in [0.29, 0.717) is 23.5 Å². The third-order valence-corrected chi connectivity index (χ3v) is 4.52. The van der Waals surface area contributed by atoms with Gasteiger partial charge in [0.15, 0.2) is 11.5 Å². The van der Waals surface area contributed by atoms with Crippen LogP contribution in [-0.4, -0.2) is 45.6 Å². The van der Waals surface area contributed by atoms with Crippen LogP contribution in [-0.2, 0) is 0 Å². The fraction of sp³-hybridized carbons (Fsp3) is 0.350. The van der Waals surface area contributed by atoms with Crippen LogP contribution in [0.3, 0.4) is 0 Å². The molecule has 0 aliphatic rings. The second kappa shape index (κ2) is 8.10. The Morgan fingerprint density at radius 2 is 1.85 bits per heavy atom. The zero-order valence-electron chi connectivity index (χ0n) is 15.6. The molecule has 0 saturated heterocycles. The summed E-state index contributed by atoms with van der Waals surface area (Å²) in [4.78, 5) is 24.3. The van der Waals surface area contributed by atoms with E-state index in [0.717, 1.165) is 30.9 Å². The highest BCUT2D eigenvalue weighted by Crippen LogP contribution is 2.15. The molecule has 0 amide bonds. The van der Waals surface area contributed by atoms with E-state index in [9.17, 15) is 4.79 Å². The van der Waals surface area contributed by atoms with Gasteiger partial charge in [-0.05, 0) is 44.3 Å². The van der Waals surface area contributed by atoms with Gasteiger partial charge in [0.1, 0.15) is 5.52 Å². The fourth-order valence-corrected chi connectivity index (χ4v) is 2.94. The van der Waals surface area contributed by atoms with Gasteiger partial charge in [-0.25, -0.2) is 9.97 Å². The molecule has 136 valence electrons. The van der Waals surface area contributed by atoms with Gasteiger partial charge in [-0.3, -0.25) is 9.36 Å². The van der Waals surface area contributed by atoms with Crippen molar-refractivity contribution >= 4 is 17.0 Å². The molecule has 0 aliphatic carbocycles. The largest absolute Gasteiger partial charge is 0.364 e. The maximum Gasteiger partial charge on any atom is 0.299 e. The lowest BCUT2D eigenvalue weighted by atomic mass is 10.2. The molecular formula is C20H25N5O. The van der Waals surface area contributed by atoms with Crippen LogP contribution in [0.2, 0.25) is 0 Å². The summed E-state index contributed by atoms with van der Waals surface area (Å²) in [6.45, 7) is 9.80. The van der Waals surface area contributed by atoms with Crippen LogP contribution in [0.4, 0.5) is 5.82 Å². The van der Waals surface area contributed by atoms with Gasteiger partial charge in [-0.15, -0.1) is 0 Å². The third-order valence-electron chi connectivity index (χ3n) is 4.52. The van der Waals surface area contributed by atoms with Crippen molar-refractivity contribution in [3.8, 4) is 5.69 Å². The summed E-state index contributed by atoms with van der Waals surface area (Å²) < 4.78 is 1.63. The molecule has 6 nitrogen and oxygen atoms in total. The Balaban J connectivity index is 2.01. The standard InChI is InChI=1S/C20H25N5O/c1-4-24(5-2)14-13-21-18-20(26)25(16-10-8-15(3)9-11-16)19-17(23-18)7-6-12-22-19/h6-12H,4-5,13-14H2,1-3H3,(H,21,23). The number of aromatic nitrogens is 3. The Hall–Kier alpha value is -2.73. The number of benzene rings is 1. The van der Waals surface area contributed by atoms with E-state index in [1.807, 2.05) is 43.3 Å². The van der Waals surface area contributed by atoms with Crippen molar-refractivity contribution in [2.75, 3.05) is 31.5 Å². The lowest BCUT2D eigenvalue weighted by Gasteiger charge is -2.18. The topological polar surface area (TPSA) is 63.0 Å². The molecule has 3 rings (SSSR count). The Labute approximate surface area is 153 Å². The van der Waals surface area contributed by atoms with E-state index < -0.39 is 0 Å². The van der Waals surface area contributed by atoms with Gasteiger partial charge in [0.25, 0.3) is 5.56 Å². The Bertz CT molecular complexity index is 929. The van der Waals surface area contributed by atoms with Crippen molar-refractivity contribution in [3.05, 3.63) is 58.5 Å².